The van der Waals surface area contributed by atoms with Crippen LogP contribution in [0.3, 0.4) is 0 Å². The van der Waals surface area contributed by atoms with Gasteiger partial charge in [-0.3, -0.25) is 0 Å². The predicted molar refractivity (Wildman–Crippen MR) is 72.7 cm³/mol. The lowest BCUT2D eigenvalue weighted by Crippen LogP contribution is -1.88. The minimum atomic E-state index is 0.732. The zero-order valence-electron chi connectivity index (χ0n) is 8.97. The van der Waals surface area contributed by atoms with Gasteiger partial charge < -0.3 is 10.1 Å². The molecule has 2 aromatic heterocycles. The minimum Gasteiger partial charge on any atom is -0.398 e. The highest BCUT2D eigenvalue weighted by atomic mass is 79.9. The summed E-state index contributed by atoms with van der Waals surface area (Å²) in [5.74, 6) is 0. The molecule has 0 aliphatic heterocycles. The second-order valence-electron chi connectivity index (χ2n) is 3.86. The topological polar surface area (TPSA) is 43.3 Å². The molecular weight excluding hydrogens is 278 g/mol. The molecular formula is C13H10BrN3. The molecule has 0 fully saturated rings. The van der Waals surface area contributed by atoms with Crippen LogP contribution >= 0.6 is 15.9 Å². The molecule has 0 aliphatic carbocycles. The van der Waals surface area contributed by atoms with Crippen molar-refractivity contribution in [3.8, 4) is 11.3 Å². The van der Waals surface area contributed by atoms with Crippen molar-refractivity contribution in [2.24, 2.45) is 0 Å². The average Bonchev–Trinajstić information content (AvgIpc) is 2.72. The fourth-order valence-corrected chi connectivity index (χ4v) is 2.20. The van der Waals surface area contributed by atoms with E-state index in [9.17, 15) is 0 Å². The summed E-state index contributed by atoms with van der Waals surface area (Å²) in [6.45, 7) is 0. The molecule has 0 atom stereocenters. The van der Waals surface area contributed by atoms with Crippen LogP contribution in [0.2, 0.25) is 0 Å². The Kier molecular flexibility index (Phi) is 2.37. The van der Waals surface area contributed by atoms with Gasteiger partial charge in [0.15, 0.2) is 0 Å². The van der Waals surface area contributed by atoms with Crippen LogP contribution in [0.5, 0.6) is 0 Å². The third kappa shape index (κ3) is 1.91. The van der Waals surface area contributed by atoms with Crippen LogP contribution < -0.4 is 5.73 Å². The molecule has 1 aromatic carbocycles. The highest BCUT2D eigenvalue weighted by Crippen LogP contribution is 2.23. The van der Waals surface area contributed by atoms with E-state index in [1.807, 2.05) is 53.2 Å². The first-order valence-electron chi connectivity index (χ1n) is 5.22. The molecule has 0 unspecified atom stereocenters. The Bertz CT molecular complexity index is 688. The lowest BCUT2D eigenvalue weighted by molar-refractivity contribution is 1.19. The van der Waals surface area contributed by atoms with Crippen molar-refractivity contribution < 1.29 is 0 Å². The summed E-state index contributed by atoms with van der Waals surface area (Å²) in [7, 11) is 0. The number of aromatic nitrogens is 2. The monoisotopic (exact) mass is 287 g/mol. The molecule has 0 saturated heterocycles. The van der Waals surface area contributed by atoms with E-state index in [1.165, 1.54) is 0 Å². The van der Waals surface area contributed by atoms with Crippen LogP contribution in [0.4, 0.5) is 5.69 Å². The molecule has 0 bridgehead atoms. The molecule has 0 amide bonds. The highest BCUT2D eigenvalue weighted by molar-refractivity contribution is 9.10. The summed E-state index contributed by atoms with van der Waals surface area (Å²) in [6, 6.07) is 11.8. The van der Waals surface area contributed by atoms with Crippen molar-refractivity contribution in [3.05, 3.63) is 53.3 Å². The van der Waals surface area contributed by atoms with Crippen molar-refractivity contribution in [2.45, 2.75) is 0 Å². The second-order valence-corrected chi connectivity index (χ2v) is 4.78. The number of fused-ring (bicyclic) bond motifs is 1. The van der Waals surface area contributed by atoms with Gasteiger partial charge in [-0.05, 0) is 24.3 Å². The van der Waals surface area contributed by atoms with Gasteiger partial charge in [-0.25, -0.2) is 4.98 Å². The average molecular weight is 288 g/mol. The van der Waals surface area contributed by atoms with Crippen LogP contribution in [-0.2, 0) is 0 Å². The van der Waals surface area contributed by atoms with Crippen molar-refractivity contribution in [2.75, 3.05) is 5.73 Å². The maximum absolute atomic E-state index is 5.74. The van der Waals surface area contributed by atoms with Crippen LogP contribution in [0, 0.1) is 0 Å². The van der Waals surface area contributed by atoms with Gasteiger partial charge in [-0.2, -0.15) is 0 Å². The minimum absolute atomic E-state index is 0.732. The third-order valence-corrected chi connectivity index (χ3v) is 3.09. The van der Waals surface area contributed by atoms with Crippen molar-refractivity contribution in [1.82, 2.24) is 9.38 Å². The van der Waals surface area contributed by atoms with Gasteiger partial charge in [-0.1, -0.05) is 28.1 Å². The zero-order chi connectivity index (χ0) is 11.8. The number of nitrogen functional groups attached to an aromatic ring is 1. The summed E-state index contributed by atoms with van der Waals surface area (Å²) >= 11 is 3.46. The largest absolute Gasteiger partial charge is 0.398 e. The number of halogens is 1. The maximum Gasteiger partial charge on any atom is 0.137 e. The Morgan fingerprint density at radius 1 is 1.12 bits per heavy atom. The number of nitrogens with two attached hydrogens (primary N) is 1. The van der Waals surface area contributed by atoms with Crippen molar-refractivity contribution in [3.63, 3.8) is 0 Å². The molecule has 4 heteroatoms. The standard InChI is InChI=1S/C13H10BrN3/c14-10-3-1-2-9(6-10)12-8-17-7-11(15)4-5-13(17)16-12/h1-8H,15H2. The van der Waals surface area contributed by atoms with E-state index >= 15 is 0 Å². The fourth-order valence-electron chi connectivity index (χ4n) is 1.80. The summed E-state index contributed by atoms with van der Waals surface area (Å²) in [4.78, 5) is 4.55. The summed E-state index contributed by atoms with van der Waals surface area (Å²) in [5, 5.41) is 0. The van der Waals surface area contributed by atoms with Gasteiger partial charge in [0.1, 0.15) is 5.65 Å². The Morgan fingerprint density at radius 3 is 2.82 bits per heavy atom. The Labute approximate surface area is 107 Å². The van der Waals surface area contributed by atoms with E-state index in [2.05, 4.69) is 20.9 Å². The predicted octanol–water partition coefficient (Wildman–Crippen LogP) is 3.35. The lowest BCUT2D eigenvalue weighted by atomic mass is 10.2. The van der Waals surface area contributed by atoms with Crippen LogP contribution in [-0.4, -0.2) is 9.38 Å². The van der Waals surface area contributed by atoms with Crippen LogP contribution in [0.25, 0.3) is 16.9 Å². The van der Waals surface area contributed by atoms with E-state index in [4.69, 9.17) is 5.73 Å². The van der Waals surface area contributed by atoms with Crippen molar-refractivity contribution >= 4 is 27.3 Å². The van der Waals surface area contributed by atoms with E-state index in [1.54, 1.807) is 0 Å². The van der Waals surface area contributed by atoms with Gasteiger partial charge in [0.05, 0.1) is 5.69 Å². The van der Waals surface area contributed by atoms with Gasteiger partial charge >= 0.3 is 0 Å². The molecule has 0 radical (unpaired) electrons. The second kappa shape index (κ2) is 3.89. The quantitative estimate of drug-likeness (QED) is 0.746. The molecule has 3 rings (SSSR count). The third-order valence-electron chi connectivity index (χ3n) is 2.59. The SMILES string of the molecule is Nc1ccc2nc(-c3cccc(Br)c3)cn2c1. The normalized spacial score (nSPS) is 10.9. The van der Waals surface area contributed by atoms with E-state index in [0.717, 1.165) is 27.1 Å². The lowest BCUT2D eigenvalue weighted by Gasteiger charge is -1.95. The van der Waals surface area contributed by atoms with Gasteiger partial charge in [-0.15, -0.1) is 0 Å². The highest BCUT2D eigenvalue weighted by Gasteiger charge is 2.04. The Balaban J connectivity index is 2.18. The molecule has 2 N–H and O–H groups in total. The maximum atomic E-state index is 5.74. The first-order chi connectivity index (χ1) is 8.22. The number of rotatable bonds is 1. The van der Waals surface area contributed by atoms with E-state index in [-0.39, 0.29) is 0 Å². The number of nitrogens with zero attached hydrogens (tertiary/aromatic N) is 2. The first-order valence-corrected chi connectivity index (χ1v) is 6.02. The number of imidazole rings is 1. The summed E-state index contributed by atoms with van der Waals surface area (Å²) in [6.07, 6.45) is 3.84. The fraction of sp³-hybridized carbons (Fsp3) is 0. The molecule has 3 aromatic rings. The molecule has 0 spiro atoms. The molecule has 0 aliphatic rings. The van der Waals surface area contributed by atoms with Crippen LogP contribution in [0.15, 0.2) is 53.3 Å². The molecule has 17 heavy (non-hydrogen) atoms. The van der Waals surface area contributed by atoms with Gasteiger partial charge in [0, 0.05) is 28.1 Å². The summed E-state index contributed by atoms with van der Waals surface area (Å²) in [5.41, 5.74) is 9.40. The Hall–Kier alpha value is -1.81. The number of hydrogen-bond donors (Lipinski definition) is 1. The molecule has 3 nitrogen and oxygen atoms in total. The number of pyridine rings is 1. The Morgan fingerprint density at radius 2 is 2.00 bits per heavy atom. The zero-order valence-corrected chi connectivity index (χ0v) is 10.6. The van der Waals surface area contributed by atoms with E-state index < -0.39 is 0 Å². The van der Waals surface area contributed by atoms with Crippen molar-refractivity contribution in [1.29, 1.82) is 0 Å². The molecule has 2 heterocycles. The number of benzene rings is 1. The number of anilines is 1. The summed E-state index contributed by atoms with van der Waals surface area (Å²) < 4.78 is 2.98. The van der Waals surface area contributed by atoms with Gasteiger partial charge in [0.25, 0.3) is 0 Å². The van der Waals surface area contributed by atoms with Crippen LogP contribution in [0.1, 0.15) is 0 Å². The smallest absolute Gasteiger partial charge is 0.137 e. The van der Waals surface area contributed by atoms with Gasteiger partial charge in [0.2, 0.25) is 0 Å². The van der Waals surface area contributed by atoms with E-state index in [0.29, 0.717) is 0 Å². The molecule has 84 valence electrons. The first kappa shape index (κ1) is 10.4. The number of hydrogen-bond acceptors (Lipinski definition) is 2. The molecule has 0 saturated carbocycles.